The Morgan fingerprint density at radius 3 is 2.38 bits per heavy atom. The minimum Gasteiger partial charge on any atom is -0.384 e. The van der Waals surface area contributed by atoms with Crippen molar-refractivity contribution in [3.63, 3.8) is 0 Å². The maximum Gasteiger partial charge on any atom is 0.287 e. The van der Waals surface area contributed by atoms with Gasteiger partial charge in [-0.15, -0.1) is 5.10 Å². The van der Waals surface area contributed by atoms with E-state index >= 15 is 0 Å². The smallest absolute Gasteiger partial charge is 0.287 e. The summed E-state index contributed by atoms with van der Waals surface area (Å²) in [6.07, 6.45) is 7.70. The van der Waals surface area contributed by atoms with Gasteiger partial charge in [0.25, 0.3) is 17.7 Å². The van der Waals surface area contributed by atoms with Crippen molar-refractivity contribution >= 4 is 45.1 Å². The molecule has 2 saturated carbocycles. The van der Waals surface area contributed by atoms with Crippen molar-refractivity contribution in [2.24, 2.45) is 16.6 Å². The molecule has 0 radical (unpaired) electrons. The minimum absolute atomic E-state index is 0.00200. The standard InChI is InChI=1S/C37H50N8O9S/c1-36(2,51)30-21-39-42-45(30)26-20-29(35(50)44-16-18-54-17-15-37(44,3)31(46)32(38)47)43(22-26)34(49)28(19-23-7-5-4-6-8-23)40-33(48)24-9-13-27(14-10-24)55(52,53)41-25-11-12-25/h9-10,13-14,21,23,25-26,29,41,51H,4-8,11-12,15-20,22H2,1-3H3,(H2,38,47)/b40-28+/t26-,29-,37?/m0/s1. The van der Waals surface area contributed by atoms with Gasteiger partial charge in [-0.2, -0.15) is 0 Å². The predicted molar refractivity (Wildman–Crippen MR) is 197 cm³/mol. The number of benzene rings is 1. The fourth-order valence-electron chi connectivity index (χ4n) is 7.81. The Hall–Kier alpha value is -4.39. The molecule has 0 bridgehead atoms. The Bertz CT molecular complexity index is 1950. The van der Waals surface area contributed by atoms with Crippen LogP contribution in [0.3, 0.4) is 0 Å². The molecule has 2 aromatic rings. The number of carbonyl (C=O) groups excluding carboxylic acids is 5. The van der Waals surface area contributed by atoms with Gasteiger partial charge in [-0.3, -0.25) is 24.0 Å². The molecular weight excluding hydrogens is 733 g/mol. The Kier molecular flexibility index (Phi) is 11.7. The van der Waals surface area contributed by atoms with Gasteiger partial charge in [0, 0.05) is 44.1 Å². The molecule has 298 valence electrons. The molecule has 4 amide bonds. The summed E-state index contributed by atoms with van der Waals surface area (Å²) in [6.45, 7) is 4.61. The molecule has 4 fully saturated rings. The van der Waals surface area contributed by atoms with Gasteiger partial charge in [0.05, 0.1) is 29.4 Å². The van der Waals surface area contributed by atoms with Crippen molar-refractivity contribution in [3.05, 3.63) is 41.7 Å². The van der Waals surface area contributed by atoms with E-state index in [-0.39, 0.29) is 73.7 Å². The van der Waals surface area contributed by atoms with E-state index in [2.05, 4.69) is 20.0 Å². The number of nitrogens with two attached hydrogens (primary N) is 1. The highest BCUT2D eigenvalue weighted by Gasteiger charge is 2.51. The molecule has 18 heteroatoms. The summed E-state index contributed by atoms with van der Waals surface area (Å²) >= 11 is 0. The molecule has 17 nitrogen and oxygen atoms in total. The third-order valence-corrected chi connectivity index (χ3v) is 12.7. The Morgan fingerprint density at radius 2 is 1.75 bits per heavy atom. The Labute approximate surface area is 320 Å². The predicted octanol–water partition coefficient (Wildman–Crippen LogP) is 1.40. The van der Waals surface area contributed by atoms with E-state index in [1.165, 1.54) is 51.9 Å². The molecule has 4 aliphatic rings. The highest BCUT2D eigenvalue weighted by Crippen LogP contribution is 2.36. The van der Waals surface area contributed by atoms with Crippen molar-refractivity contribution in [3.8, 4) is 0 Å². The number of Topliss-reactive ketones (excluding diaryl/α,β-unsaturated/α-hetero) is 1. The number of aromatic nitrogens is 3. The number of hydrogen-bond acceptors (Lipinski definition) is 11. The summed E-state index contributed by atoms with van der Waals surface area (Å²) in [5.74, 6) is -4.15. The number of rotatable bonds is 12. The van der Waals surface area contributed by atoms with Gasteiger partial charge in [0.2, 0.25) is 21.7 Å². The largest absolute Gasteiger partial charge is 0.384 e. The third kappa shape index (κ3) is 8.87. The van der Waals surface area contributed by atoms with E-state index in [0.717, 1.165) is 44.9 Å². The minimum atomic E-state index is -3.76. The average Bonchev–Trinajstić information content (AvgIpc) is 3.66. The van der Waals surface area contributed by atoms with E-state index < -0.39 is 62.7 Å². The molecule has 2 aliphatic carbocycles. The highest BCUT2D eigenvalue weighted by molar-refractivity contribution is 7.89. The molecule has 1 unspecified atom stereocenters. The number of aliphatic hydroxyl groups is 1. The zero-order valence-electron chi connectivity index (χ0n) is 31.5. The highest BCUT2D eigenvalue weighted by atomic mass is 32.2. The van der Waals surface area contributed by atoms with Gasteiger partial charge in [0.1, 0.15) is 22.9 Å². The van der Waals surface area contributed by atoms with Crippen LogP contribution in [0, 0.1) is 5.92 Å². The summed E-state index contributed by atoms with van der Waals surface area (Å²) < 4.78 is 35.2. The molecule has 3 heterocycles. The topological polar surface area (TPSA) is 237 Å². The summed E-state index contributed by atoms with van der Waals surface area (Å²) in [5.41, 5.74) is 2.80. The molecule has 0 spiro atoms. The van der Waals surface area contributed by atoms with Gasteiger partial charge < -0.3 is 25.4 Å². The second-order valence-corrected chi connectivity index (χ2v) is 17.5. The lowest BCUT2D eigenvalue weighted by Gasteiger charge is -2.40. The van der Waals surface area contributed by atoms with Crippen molar-refractivity contribution in [2.45, 2.75) is 119 Å². The maximum atomic E-state index is 14.9. The van der Waals surface area contributed by atoms with Crippen molar-refractivity contribution in [2.75, 3.05) is 26.3 Å². The first-order chi connectivity index (χ1) is 26.0. The SMILES string of the molecule is CC(C)(O)c1cnnn1[C@H]1C[C@@H](C(=O)N2CCOCCC2(C)C(=O)C(N)=O)N(C(=O)/C(CC2CCCCC2)=N/C(=O)c2ccc(S(=O)(=O)NC3CC3)cc2)C1. The van der Waals surface area contributed by atoms with Crippen LogP contribution in [0.5, 0.6) is 0 Å². The first-order valence-corrected chi connectivity index (χ1v) is 20.4. The Morgan fingerprint density at radius 1 is 1.05 bits per heavy atom. The number of nitrogens with zero attached hydrogens (tertiary/aromatic N) is 6. The van der Waals surface area contributed by atoms with Crippen LogP contribution in [0.1, 0.15) is 107 Å². The van der Waals surface area contributed by atoms with Crippen LogP contribution in [0.15, 0.2) is 40.4 Å². The summed E-state index contributed by atoms with van der Waals surface area (Å²) in [6, 6.07) is 3.40. The molecule has 1 aromatic carbocycles. The molecule has 2 aliphatic heterocycles. The first-order valence-electron chi connectivity index (χ1n) is 18.9. The van der Waals surface area contributed by atoms with E-state index in [9.17, 15) is 37.5 Å². The van der Waals surface area contributed by atoms with Crippen molar-refractivity contribution < 1.29 is 42.2 Å². The number of hydrogen-bond donors (Lipinski definition) is 3. The number of amides is 4. The zero-order chi connectivity index (χ0) is 39.7. The lowest BCUT2D eigenvalue weighted by Crippen LogP contribution is -2.62. The van der Waals surface area contributed by atoms with Crippen molar-refractivity contribution in [1.29, 1.82) is 0 Å². The van der Waals surface area contributed by atoms with Gasteiger partial charge in [-0.25, -0.2) is 22.8 Å². The van der Waals surface area contributed by atoms with Crippen LogP contribution in [-0.4, -0.2) is 117 Å². The van der Waals surface area contributed by atoms with Crippen LogP contribution in [0.4, 0.5) is 0 Å². The molecule has 1 aromatic heterocycles. The number of ether oxygens (including phenoxy) is 1. The number of aliphatic imine (C=N–C) groups is 1. The van der Waals surface area contributed by atoms with Gasteiger partial charge in [-0.05, 0) is 70.2 Å². The van der Waals surface area contributed by atoms with Crippen LogP contribution >= 0.6 is 0 Å². The number of likely N-dealkylation sites (tertiary alicyclic amines) is 1. The molecule has 4 N–H and O–H groups in total. The van der Waals surface area contributed by atoms with Crippen molar-refractivity contribution in [1.82, 2.24) is 29.5 Å². The number of primary amides is 1. The fourth-order valence-corrected chi connectivity index (χ4v) is 9.12. The molecule has 6 rings (SSSR count). The van der Waals surface area contributed by atoms with E-state index in [4.69, 9.17) is 10.5 Å². The summed E-state index contributed by atoms with van der Waals surface area (Å²) in [4.78, 5) is 75.9. The van der Waals surface area contributed by atoms with Gasteiger partial charge in [-0.1, -0.05) is 37.3 Å². The van der Waals surface area contributed by atoms with Gasteiger partial charge >= 0.3 is 0 Å². The van der Waals surface area contributed by atoms with E-state index in [1.54, 1.807) is 13.8 Å². The fraction of sp³-hybridized carbons (Fsp3) is 0.622. The number of nitrogens with one attached hydrogen (secondary N) is 1. The third-order valence-electron chi connectivity index (χ3n) is 11.1. The van der Waals surface area contributed by atoms with Gasteiger partial charge in [0.15, 0.2) is 0 Å². The monoisotopic (exact) mass is 782 g/mol. The number of ketones is 1. The summed E-state index contributed by atoms with van der Waals surface area (Å²) in [7, 11) is -3.76. The first kappa shape index (κ1) is 40.3. The molecular formula is C37H50N8O9S. The van der Waals surface area contributed by atoms with Crippen LogP contribution < -0.4 is 10.5 Å². The lowest BCUT2D eigenvalue weighted by molar-refractivity contribution is -0.153. The number of sulfonamides is 1. The molecule has 2 saturated heterocycles. The van der Waals surface area contributed by atoms with Crippen LogP contribution in [-0.2, 0) is 39.5 Å². The lowest BCUT2D eigenvalue weighted by atomic mass is 9.85. The quantitative estimate of drug-likeness (QED) is 0.206. The second-order valence-electron chi connectivity index (χ2n) is 15.8. The maximum absolute atomic E-state index is 14.9. The van der Waals surface area contributed by atoms with Crippen LogP contribution in [0.25, 0.3) is 0 Å². The van der Waals surface area contributed by atoms with E-state index in [1.807, 2.05) is 0 Å². The van der Waals surface area contributed by atoms with Crippen LogP contribution in [0.2, 0.25) is 0 Å². The average molecular weight is 783 g/mol. The normalized spacial score (nSPS) is 24.4. The molecule has 55 heavy (non-hydrogen) atoms. The number of carbonyl (C=O) groups is 5. The zero-order valence-corrected chi connectivity index (χ0v) is 32.3. The Balaban J connectivity index is 1.37. The van der Waals surface area contributed by atoms with E-state index in [0.29, 0.717) is 5.69 Å². The molecule has 3 atom stereocenters. The summed E-state index contributed by atoms with van der Waals surface area (Å²) in [5, 5.41) is 19.1. The second kappa shape index (κ2) is 16.0.